The molecule has 1 saturated heterocycles. The van der Waals surface area contributed by atoms with Gasteiger partial charge in [0.25, 0.3) is 0 Å². The van der Waals surface area contributed by atoms with E-state index in [0.29, 0.717) is 6.04 Å². The minimum absolute atomic E-state index is 0.602. The van der Waals surface area contributed by atoms with Crippen LogP contribution in [0.4, 0.5) is 0 Å². The zero-order valence-corrected chi connectivity index (χ0v) is 11.3. The summed E-state index contributed by atoms with van der Waals surface area (Å²) in [6.07, 6.45) is 7.00. The van der Waals surface area contributed by atoms with Gasteiger partial charge < -0.3 is 0 Å². The summed E-state index contributed by atoms with van der Waals surface area (Å²) < 4.78 is 0. The van der Waals surface area contributed by atoms with Crippen LogP contribution in [0.5, 0.6) is 0 Å². The number of rotatable bonds is 0. The van der Waals surface area contributed by atoms with Crippen LogP contribution < -0.4 is 0 Å². The summed E-state index contributed by atoms with van der Waals surface area (Å²) in [5.41, 5.74) is 6.17. The second-order valence-electron chi connectivity index (χ2n) is 5.27. The number of hydrogen-bond acceptors (Lipinski definition) is 1. The molecule has 1 fully saturated rings. The van der Waals surface area contributed by atoms with Crippen molar-refractivity contribution >= 4 is 0 Å². The quantitative estimate of drug-likeness (QED) is 0.667. The van der Waals surface area contributed by atoms with Gasteiger partial charge in [0.05, 0.1) is 0 Å². The van der Waals surface area contributed by atoms with E-state index in [1.807, 2.05) is 0 Å². The first-order chi connectivity index (χ1) is 8.83. The van der Waals surface area contributed by atoms with Crippen LogP contribution in [0.3, 0.4) is 0 Å². The Morgan fingerprint density at radius 3 is 2.61 bits per heavy atom. The average molecular weight is 239 g/mol. The Hall–Kier alpha value is -1.34. The molecular formula is C17H21N. The minimum Gasteiger partial charge on any atom is -0.291 e. The Labute approximate surface area is 110 Å². The molecule has 1 aromatic rings. The van der Waals surface area contributed by atoms with E-state index in [0.717, 1.165) is 6.54 Å². The van der Waals surface area contributed by atoms with E-state index in [-0.39, 0.29) is 0 Å². The second-order valence-corrected chi connectivity index (χ2v) is 5.27. The number of nitrogens with zero attached hydrogens (tertiary/aromatic N) is 1. The Morgan fingerprint density at radius 1 is 1.11 bits per heavy atom. The van der Waals surface area contributed by atoms with Crippen molar-refractivity contribution in [2.45, 2.75) is 39.3 Å². The zero-order valence-electron chi connectivity index (χ0n) is 11.3. The molecule has 2 heterocycles. The number of allylic oxidation sites excluding steroid dienone is 2. The van der Waals surface area contributed by atoms with Gasteiger partial charge in [0.15, 0.2) is 0 Å². The van der Waals surface area contributed by atoms with Gasteiger partial charge in [-0.05, 0) is 49.0 Å². The fraction of sp³-hybridized carbons (Fsp3) is 0.412. The smallest absolute Gasteiger partial charge is 0.0391 e. The number of fused-ring (bicyclic) bond motifs is 2. The summed E-state index contributed by atoms with van der Waals surface area (Å²) in [6, 6.07) is 9.51. The molecule has 0 saturated carbocycles. The van der Waals surface area contributed by atoms with Gasteiger partial charge >= 0.3 is 0 Å². The Bertz CT molecular complexity index is 510. The molecule has 0 N–H and O–H groups in total. The van der Waals surface area contributed by atoms with Gasteiger partial charge in [0.1, 0.15) is 0 Å². The third kappa shape index (κ3) is 1.83. The van der Waals surface area contributed by atoms with Gasteiger partial charge in [0.2, 0.25) is 0 Å². The van der Waals surface area contributed by atoms with Crippen molar-refractivity contribution in [3.63, 3.8) is 0 Å². The highest BCUT2D eigenvalue weighted by molar-refractivity contribution is 5.42. The van der Waals surface area contributed by atoms with E-state index in [1.54, 1.807) is 11.1 Å². The number of hydrogen-bond donors (Lipinski definition) is 0. The van der Waals surface area contributed by atoms with Crippen molar-refractivity contribution < 1.29 is 0 Å². The first kappa shape index (κ1) is 11.7. The maximum Gasteiger partial charge on any atom is 0.0391 e. The van der Waals surface area contributed by atoms with Crippen LogP contribution in [-0.4, -0.2) is 17.5 Å². The molecule has 94 valence electrons. The summed E-state index contributed by atoms with van der Waals surface area (Å²) in [7, 11) is 0. The predicted octanol–water partition coefficient (Wildman–Crippen LogP) is 3.71. The van der Waals surface area contributed by atoms with Gasteiger partial charge in [-0.3, -0.25) is 4.90 Å². The van der Waals surface area contributed by atoms with Gasteiger partial charge in [-0.1, -0.05) is 36.4 Å². The summed E-state index contributed by atoms with van der Waals surface area (Å²) in [5.74, 6) is 0. The molecule has 0 spiro atoms. The highest BCUT2D eigenvalue weighted by atomic mass is 15.2. The standard InChI is InChI=1S/C17H21N/c1-3-13-9-10-18-12-15-8-6-5-7-14(15)11-17(18)16(13)4-2/h3-8,17H,9-12H2,1-2H3/b13-3-,16-4+/t17-/m0/s1. The van der Waals surface area contributed by atoms with E-state index in [1.165, 1.54) is 30.5 Å². The largest absolute Gasteiger partial charge is 0.291 e. The lowest BCUT2D eigenvalue weighted by molar-refractivity contribution is 0.184. The third-order valence-electron chi connectivity index (χ3n) is 4.40. The van der Waals surface area contributed by atoms with E-state index in [2.05, 4.69) is 55.2 Å². The van der Waals surface area contributed by atoms with E-state index in [4.69, 9.17) is 0 Å². The van der Waals surface area contributed by atoms with Crippen molar-refractivity contribution in [1.29, 1.82) is 0 Å². The first-order valence-electron chi connectivity index (χ1n) is 6.96. The van der Waals surface area contributed by atoms with Crippen molar-refractivity contribution in [3.05, 3.63) is 58.7 Å². The first-order valence-corrected chi connectivity index (χ1v) is 6.96. The molecule has 0 bridgehead atoms. The highest BCUT2D eigenvalue weighted by Gasteiger charge is 2.32. The fourth-order valence-corrected chi connectivity index (χ4v) is 3.43. The Morgan fingerprint density at radius 2 is 1.89 bits per heavy atom. The SMILES string of the molecule is C/C=C1/CCN2Cc3ccccc3C[C@H]2/C1=C/C. The molecule has 2 aliphatic rings. The van der Waals surface area contributed by atoms with Crippen molar-refractivity contribution in [2.75, 3.05) is 6.54 Å². The molecule has 0 radical (unpaired) electrons. The molecule has 3 rings (SSSR count). The van der Waals surface area contributed by atoms with Crippen LogP contribution in [0.2, 0.25) is 0 Å². The van der Waals surface area contributed by atoms with Crippen LogP contribution in [0.1, 0.15) is 31.4 Å². The van der Waals surface area contributed by atoms with E-state index >= 15 is 0 Å². The normalized spacial score (nSPS) is 28.2. The minimum atomic E-state index is 0.602. The lowest BCUT2D eigenvalue weighted by atomic mass is 9.82. The molecule has 1 aromatic carbocycles. The van der Waals surface area contributed by atoms with Crippen LogP contribution >= 0.6 is 0 Å². The monoisotopic (exact) mass is 239 g/mol. The van der Waals surface area contributed by atoms with Gasteiger partial charge in [-0.25, -0.2) is 0 Å². The van der Waals surface area contributed by atoms with Crippen LogP contribution in [0.15, 0.2) is 47.6 Å². The zero-order chi connectivity index (χ0) is 12.5. The highest BCUT2D eigenvalue weighted by Crippen LogP contribution is 2.35. The topological polar surface area (TPSA) is 3.24 Å². The fourth-order valence-electron chi connectivity index (χ4n) is 3.43. The van der Waals surface area contributed by atoms with Crippen LogP contribution in [-0.2, 0) is 13.0 Å². The van der Waals surface area contributed by atoms with Gasteiger partial charge in [-0.2, -0.15) is 0 Å². The maximum atomic E-state index is 2.64. The van der Waals surface area contributed by atoms with Crippen molar-refractivity contribution in [1.82, 2.24) is 4.90 Å². The van der Waals surface area contributed by atoms with Gasteiger partial charge in [0, 0.05) is 19.1 Å². The van der Waals surface area contributed by atoms with Crippen LogP contribution in [0.25, 0.3) is 0 Å². The maximum absolute atomic E-state index is 2.64. The third-order valence-corrected chi connectivity index (χ3v) is 4.40. The molecule has 18 heavy (non-hydrogen) atoms. The lowest BCUT2D eigenvalue weighted by Gasteiger charge is -2.43. The molecule has 1 atom stereocenters. The Kier molecular flexibility index (Phi) is 3.09. The molecule has 1 nitrogen and oxygen atoms in total. The second kappa shape index (κ2) is 4.74. The number of piperidine rings is 1. The molecule has 0 aromatic heterocycles. The van der Waals surface area contributed by atoms with E-state index < -0.39 is 0 Å². The summed E-state index contributed by atoms with van der Waals surface area (Å²) in [4.78, 5) is 2.64. The van der Waals surface area contributed by atoms with Crippen LogP contribution in [0, 0.1) is 0 Å². The van der Waals surface area contributed by atoms with Crippen molar-refractivity contribution in [2.24, 2.45) is 0 Å². The lowest BCUT2D eigenvalue weighted by Crippen LogP contribution is -2.45. The Balaban J connectivity index is 1.97. The number of benzene rings is 1. The van der Waals surface area contributed by atoms with Crippen molar-refractivity contribution in [3.8, 4) is 0 Å². The average Bonchev–Trinajstić information content (AvgIpc) is 2.43. The molecule has 2 aliphatic heterocycles. The molecular weight excluding hydrogens is 218 g/mol. The predicted molar refractivity (Wildman–Crippen MR) is 76.5 cm³/mol. The van der Waals surface area contributed by atoms with E-state index in [9.17, 15) is 0 Å². The molecule has 0 aliphatic carbocycles. The summed E-state index contributed by atoms with van der Waals surface area (Å²) in [6.45, 7) is 6.68. The molecule has 1 heteroatoms. The van der Waals surface area contributed by atoms with Gasteiger partial charge in [-0.15, -0.1) is 0 Å². The summed E-state index contributed by atoms with van der Waals surface area (Å²) in [5, 5.41) is 0. The molecule has 0 amide bonds. The summed E-state index contributed by atoms with van der Waals surface area (Å²) >= 11 is 0. The molecule has 0 unspecified atom stereocenters.